The first-order valence-corrected chi connectivity index (χ1v) is 10.9. The van der Waals surface area contributed by atoms with E-state index >= 15 is 0 Å². The molecule has 1 saturated carbocycles. The van der Waals surface area contributed by atoms with Crippen molar-refractivity contribution in [1.29, 1.82) is 0 Å². The van der Waals surface area contributed by atoms with E-state index in [-0.39, 0.29) is 47.4 Å². The van der Waals surface area contributed by atoms with Crippen LogP contribution in [0.5, 0.6) is 0 Å². The number of aryl methyl sites for hydroxylation is 2. The molecule has 6 atom stereocenters. The number of nitrogens with zero attached hydrogens (tertiary/aromatic N) is 1. The Morgan fingerprint density at radius 2 is 1.62 bits per heavy atom. The third-order valence-corrected chi connectivity index (χ3v) is 7.50. The number of carbonyl (C=O) groups excluding carboxylic acids is 3. The minimum Gasteiger partial charge on any atom is -0.348 e. The molecule has 1 aromatic carbocycles. The molecular weight excluding hydrogens is 364 g/mol. The highest BCUT2D eigenvalue weighted by atomic mass is 16.2. The summed E-state index contributed by atoms with van der Waals surface area (Å²) in [6.07, 6.45) is 9.73. The van der Waals surface area contributed by atoms with Crippen molar-refractivity contribution in [3.05, 3.63) is 47.0 Å². The number of allylic oxidation sites excluding steroid dienone is 2. The number of fused-ring (bicyclic) bond motifs is 6. The highest BCUT2D eigenvalue weighted by Gasteiger charge is 2.60. The molecule has 1 N–H and O–H groups in total. The quantitative estimate of drug-likeness (QED) is 0.633. The Kier molecular flexibility index (Phi) is 4.37. The van der Waals surface area contributed by atoms with Gasteiger partial charge in [-0.05, 0) is 74.5 Å². The largest absolute Gasteiger partial charge is 0.348 e. The first-order chi connectivity index (χ1) is 14.0. The maximum Gasteiger partial charge on any atom is 0.243 e. The van der Waals surface area contributed by atoms with Gasteiger partial charge in [0.25, 0.3) is 0 Å². The number of benzene rings is 1. The fraction of sp³-hybridized carbons (Fsp3) is 0.542. The molecule has 2 fully saturated rings. The van der Waals surface area contributed by atoms with Gasteiger partial charge in [0.15, 0.2) is 0 Å². The molecule has 2 bridgehead atoms. The lowest BCUT2D eigenvalue weighted by molar-refractivity contribution is -0.148. The molecule has 0 radical (unpaired) electrons. The lowest BCUT2D eigenvalue weighted by Gasteiger charge is -2.26. The molecule has 152 valence electrons. The predicted octanol–water partition coefficient (Wildman–Crippen LogP) is 2.94. The minimum absolute atomic E-state index is 0.163. The fourth-order valence-corrected chi connectivity index (χ4v) is 5.86. The maximum absolute atomic E-state index is 12.9. The Balaban J connectivity index is 1.29. The summed E-state index contributed by atoms with van der Waals surface area (Å²) in [7, 11) is 0. The van der Waals surface area contributed by atoms with Crippen LogP contribution in [-0.2, 0) is 27.2 Å². The summed E-state index contributed by atoms with van der Waals surface area (Å²) in [6.45, 7) is 3.63. The number of carbonyl (C=O) groups is 3. The number of hydrogen-bond donors (Lipinski definition) is 1. The second-order valence-corrected chi connectivity index (χ2v) is 9.19. The fourth-order valence-electron chi connectivity index (χ4n) is 5.86. The van der Waals surface area contributed by atoms with E-state index in [1.807, 2.05) is 6.92 Å². The van der Waals surface area contributed by atoms with Crippen molar-refractivity contribution < 1.29 is 14.4 Å². The number of nitrogens with one attached hydrogen (secondary N) is 1. The smallest absolute Gasteiger partial charge is 0.243 e. The Morgan fingerprint density at radius 1 is 1.00 bits per heavy atom. The average Bonchev–Trinajstić information content (AvgIpc) is 3.41. The standard InChI is InChI=1S/C24H28N2O3/c1-13(16-8-7-15-5-3-4-6-17(15)11-16)25-22(27)14(2)26-23(28)20-18-9-10-19(12-18)21(20)24(26)29/h7-11,13-14,18-21H,3-6,12H2,1-2H3,(H,25,27)/t13-,14+,18-,19-,20-,21+/m0/s1. The summed E-state index contributed by atoms with van der Waals surface area (Å²) in [5.74, 6) is -0.789. The molecule has 5 nitrogen and oxygen atoms in total. The van der Waals surface area contributed by atoms with Gasteiger partial charge in [-0.25, -0.2) is 0 Å². The molecule has 1 heterocycles. The Morgan fingerprint density at radius 3 is 2.28 bits per heavy atom. The molecule has 0 unspecified atom stereocenters. The number of likely N-dealkylation sites (tertiary alicyclic amines) is 1. The zero-order valence-electron chi connectivity index (χ0n) is 17.1. The summed E-state index contributed by atoms with van der Waals surface area (Å²) < 4.78 is 0. The van der Waals surface area contributed by atoms with Crippen molar-refractivity contribution in [2.24, 2.45) is 23.7 Å². The van der Waals surface area contributed by atoms with Gasteiger partial charge >= 0.3 is 0 Å². The van der Waals surface area contributed by atoms with Gasteiger partial charge in [-0.3, -0.25) is 19.3 Å². The minimum atomic E-state index is -0.778. The molecule has 0 spiro atoms. The van der Waals surface area contributed by atoms with Gasteiger partial charge in [-0.1, -0.05) is 30.4 Å². The van der Waals surface area contributed by atoms with Crippen molar-refractivity contribution in [2.45, 2.75) is 58.0 Å². The summed E-state index contributed by atoms with van der Waals surface area (Å²) in [6, 6.07) is 5.51. The third kappa shape index (κ3) is 2.85. The topological polar surface area (TPSA) is 66.5 Å². The molecule has 1 saturated heterocycles. The highest BCUT2D eigenvalue weighted by Crippen LogP contribution is 2.52. The molecular formula is C24H28N2O3. The van der Waals surface area contributed by atoms with Crippen LogP contribution in [0.15, 0.2) is 30.4 Å². The van der Waals surface area contributed by atoms with Gasteiger partial charge in [-0.2, -0.15) is 0 Å². The van der Waals surface area contributed by atoms with Crippen LogP contribution in [-0.4, -0.2) is 28.7 Å². The van der Waals surface area contributed by atoms with E-state index in [0.717, 1.165) is 24.8 Å². The Bertz CT molecular complexity index is 891. The number of amides is 3. The zero-order chi connectivity index (χ0) is 20.3. The van der Waals surface area contributed by atoms with Crippen LogP contribution in [0.4, 0.5) is 0 Å². The molecule has 3 aliphatic carbocycles. The second-order valence-electron chi connectivity index (χ2n) is 9.19. The van der Waals surface area contributed by atoms with Crippen LogP contribution in [0.3, 0.4) is 0 Å². The normalized spacial score (nSPS) is 31.6. The lowest BCUT2D eigenvalue weighted by atomic mass is 9.85. The first-order valence-electron chi connectivity index (χ1n) is 10.9. The summed E-state index contributed by atoms with van der Waals surface area (Å²) in [5.41, 5.74) is 3.86. The lowest BCUT2D eigenvalue weighted by Crippen LogP contribution is -2.49. The van der Waals surface area contributed by atoms with Crippen molar-refractivity contribution in [1.82, 2.24) is 10.2 Å². The highest BCUT2D eigenvalue weighted by molar-refractivity contribution is 6.09. The predicted molar refractivity (Wildman–Crippen MR) is 109 cm³/mol. The molecule has 4 aliphatic rings. The molecule has 1 aliphatic heterocycles. The summed E-state index contributed by atoms with van der Waals surface area (Å²) in [5, 5.41) is 3.02. The second kappa shape index (κ2) is 6.82. The molecule has 0 aromatic heterocycles. The van der Waals surface area contributed by atoms with Gasteiger partial charge in [0.05, 0.1) is 17.9 Å². The summed E-state index contributed by atoms with van der Waals surface area (Å²) in [4.78, 5) is 40.0. The monoisotopic (exact) mass is 392 g/mol. The van der Waals surface area contributed by atoms with Crippen molar-refractivity contribution >= 4 is 17.7 Å². The van der Waals surface area contributed by atoms with Crippen LogP contribution in [0.25, 0.3) is 0 Å². The van der Waals surface area contributed by atoms with E-state index in [1.54, 1.807) is 6.92 Å². The molecule has 29 heavy (non-hydrogen) atoms. The van der Waals surface area contributed by atoms with E-state index in [4.69, 9.17) is 0 Å². The maximum atomic E-state index is 12.9. The molecule has 5 rings (SSSR count). The van der Waals surface area contributed by atoms with Gasteiger partial charge in [-0.15, -0.1) is 0 Å². The van der Waals surface area contributed by atoms with E-state index in [2.05, 4.69) is 35.7 Å². The number of imide groups is 1. The van der Waals surface area contributed by atoms with Crippen molar-refractivity contribution in [2.75, 3.05) is 0 Å². The van der Waals surface area contributed by atoms with Gasteiger partial charge in [0.2, 0.25) is 17.7 Å². The number of rotatable bonds is 4. The Labute approximate surface area is 171 Å². The van der Waals surface area contributed by atoms with E-state index in [0.29, 0.717) is 0 Å². The average molecular weight is 392 g/mol. The first kappa shape index (κ1) is 18.6. The van der Waals surface area contributed by atoms with Crippen LogP contribution in [0.1, 0.15) is 55.8 Å². The Hall–Kier alpha value is -2.43. The zero-order valence-corrected chi connectivity index (χ0v) is 17.1. The van der Waals surface area contributed by atoms with Crippen LogP contribution in [0.2, 0.25) is 0 Å². The van der Waals surface area contributed by atoms with Crippen LogP contribution < -0.4 is 5.32 Å². The number of hydrogen-bond acceptors (Lipinski definition) is 3. The van der Waals surface area contributed by atoms with Gasteiger partial charge in [0.1, 0.15) is 6.04 Å². The van der Waals surface area contributed by atoms with E-state index < -0.39 is 6.04 Å². The van der Waals surface area contributed by atoms with Crippen molar-refractivity contribution in [3.63, 3.8) is 0 Å². The van der Waals surface area contributed by atoms with Gasteiger partial charge < -0.3 is 5.32 Å². The van der Waals surface area contributed by atoms with Crippen LogP contribution >= 0.6 is 0 Å². The third-order valence-electron chi connectivity index (χ3n) is 7.50. The van der Waals surface area contributed by atoms with Crippen LogP contribution in [0, 0.1) is 23.7 Å². The molecule has 1 aromatic rings. The summed E-state index contributed by atoms with van der Waals surface area (Å²) >= 11 is 0. The van der Waals surface area contributed by atoms with E-state index in [1.165, 1.54) is 28.9 Å². The van der Waals surface area contributed by atoms with E-state index in [9.17, 15) is 14.4 Å². The van der Waals surface area contributed by atoms with Gasteiger partial charge in [0, 0.05) is 0 Å². The molecule has 5 heteroatoms. The SMILES string of the molecule is C[C@H](NC(=O)[C@@H](C)N1C(=O)[C@@H]2[C@H](C1=O)[C@H]1C=C[C@H]2C1)c1ccc2c(c1)CCCC2. The van der Waals surface area contributed by atoms with Crippen molar-refractivity contribution in [3.8, 4) is 0 Å². The molecule has 3 amide bonds.